The molecule has 0 saturated heterocycles. The second-order valence-corrected chi connectivity index (χ2v) is 7.89. The Hall–Kier alpha value is -0.610. The molecule has 0 aliphatic heterocycles. The van der Waals surface area contributed by atoms with Crippen molar-refractivity contribution in [2.24, 2.45) is 23.0 Å². The van der Waals surface area contributed by atoms with E-state index in [1.165, 1.54) is 12.8 Å². The summed E-state index contributed by atoms with van der Waals surface area (Å²) in [5.74, 6) is 0.689. The lowest BCUT2D eigenvalue weighted by atomic mass is 9.61. The van der Waals surface area contributed by atoms with Crippen LogP contribution in [0.15, 0.2) is 0 Å². The molecule has 2 saturated carbocycles. The molecule has 4 heteroatoms. The zero-order valence-corrected chi connectivity index (χ0v) is 14.4. The summed E-state index contributed by atoms with van der Waals surface area (Å²) in [7, 11) is 2.17. The molecular weight excluding hydrogens is 262 g/mol. The molecule has 21 heavy (non-hydrogen) atoms. The second-order valence-electron chi connectivity index (χ2n) is 7.89. The fourth-order valence-electron chi connectivity index (χ4n) is 3.68. The van der Waals surface area contributed by atoms with Crippen LogP contribution in [-0.4, -0.2) is 42.5 Å². The molecule has 0 aromatic rings. The second kappa shape index (κ2) is 6.25. The van der Waals surface area contributed by atoms with Gasteiger partial charge in [0.1, 0.15) is 0 Å². The predicted octanol–water partition coefficient (Wildman–Crippen LogP) is 1.98. The molecule has 0 radical (unpaired) electrons. The Morgan fingerprint density at radius 1 is 1.33 bits per heavy atom. The molecule has 4 atom stereocenters. The van der Waals surface area contributed by atoms with E-state index in [1.54, 1.807) is 0 Å². The molecular formula is C17H33N3O. The zero-order chi connectivity index (χ0) is 15.8. The fourth-order valence-corrected chi connectivity index (χ4v) is 3.68. The summed E-state index contributed by atoms with van der Waals surface area (Å²) in [6.07, 6.45) is 4.48. The average molecular weight is 295 g/mol. The van der Waals surface area contributed by atoms with Gasteiger partial charge in [-0.2, -0.15) is 0 Å². The van der Waals surface area contributed by atoms with Crippen molar-refractivity contribution in [1.82, 2.24) is 10.2 Å². The number of nitrogens with one attached hydrogen (secondary N) is 1. The van der Waals surface area contributed by atoms with Gasteiger partial charge in [-0.05, 0) is 51.0 Å². The van der Waals surface area contributed by atoms with E-state index in [0.717, 1.165) is 25.4 Å². The van der Waals surface area contributed by atoms with Crippen molar-refractivity contribution in [2.75, 3.05) is 13.6 Å². The topological polar surface area (TPSA) is 58.4 Å². The third kappa shape index (κ3) is 3.59. The summed E-state index contributed by atoms with van der Waals surface area (Å²) in [5, 5.41) is 3.19. The number of rotatable bonds is 5. The lowest BCUT2D eigenvalue weighted by Gasteiger charge is -2.46. The van der Waals surface area contributed by atoms with Crippen LogP contribution in [0.1, 0.15) is 53.4 Å². The molecule has 0 bridgehead atoms. The molecule has 2 fully saturated rings. The van der Waals surface area contributed by atoms with Gasteiger partial charge in [0, 0.05) is 30.6 Å². The van der Waals surface area contributed by atoms with Crippen molar-refractivity contribution in [3.63, 3.8) is 0 Å². The molecule has 3 N–H and O–H groups in total. The van der Waals surface area contributed by atoms with E-state index in [2.05, 4.69) is 45.0 Å². The number of nitrogens with two attached hydrogens (primary N) is 1. The van der Waals surface area contributed by atoms with Gasteiger partial charge in [0.15, 0.2) is 0 Å². The van der Waals surface area contributed by atoms with Crippen LogP contribution in [0.25, 0.3) is 0 Å². The van der Waals surface area contributed by atoms with E-state index in [-0.39, 0.29) is 23.3 Å². The molecule has 2 rings (SSSR count). The lowest BCUT2D eigenvalue weighted by molar-refractivity contribution is -0.132. The smallest absolute Gasteiger partial charge is 0.223 e. The van der Waals surface area contributed by atoms with Crippen LogP contribution in [0.5, 0.6) is 0 Å². The van der Waals surface area contributed by atoms with Crippen molar-refractivity contribution in [3.05, 3.63) is 0 Å². The van der Waals surface area contributed by atoms with Gasteiger partial charge in [-0.3, -0.25) is 9.69 Å². The van der Waals surface area contributed by atoms with Crippen LogP contribution in [-0.2, 0) is 4.79 Å². The minimum absolute atomic E-state index is 0.0205. The third-order valence-electron chi connectivity index (χ3n) is 6.21. The SMILES string of the molecule is CC(CNC(=O)C1CCC(N)C(C)C1(C)C)N(C)C1CC1. The first-order valence-corrected chi connectivity index (χ1v) is 8.50. The number of nitrogens with zero attached hydrogens (tertiary/aromatic N) is 1. The predicted molar refractivity (Wildman–Crippen MR) is 86.9 cm³/mol. The Morgan fingerprint density at radius 2 is 1.95 bits per heavy atom. The van der Waals surface area contributed by atoms with Crippen LogP contribution in [0, 0.1) is 17.3 Å². The number of carbonyl (C=O) groups is 1. The van der Waals surface area contributed by atoms with Gasteiger partial charge < -0.3 is 11.1 Å². The molecule has 0 heterocycles. The monoisotopic (exact) mass is 295 g/mol. The highest BCUT2D eigenvalue weighted by Crippen LogP contribution is 2.44. The van der Waals surface area contributed by atoms with Gasteiger partial charge in [-0.1, -0.05) is 20.8 Å². The summed E-state index contributed by atoms with van der Waals surface area (Å²) in [5.41, 5.74) is 6.16. The maximum Gasteiger partial charge on any atom is 0.223 e. The first-order valence-electron chi connectivity index (χ1n) is 8.50. The Bertz CT molecular complexity index is 378. The van der Waals surface area contributed by atoms with Crippen LogP contribution in [0.3, 0.4) is 0 Å². The van der Waals surface area contributed by atoms with E-state index in [0.29, 0.717) is 12.0 Å². The number of hydrogen-bond acceptors (Lipinski definition) is 3. The van der Waals surface area contributed by atoms with Gasteiger partial charge in [0.25, 0.3) is 0 Å². The first-order chi connectivity index (χ1) is 9.75. The number of hydrogen-bond donors (Lipinski definition) is 2. The summed E-state index contributed by atoms with van der Waals surface area (Å²) < 4.78 is 0. The van der Waals surface area contributed by atoms with Crippen LogP contribution < -0.4 is 11.1 Å². The van der Waals surface area contributed by atoms with Crippen LogP contribution >= 0.6 is 0 Å². The van der Waals surface area contributed by atoms with E-state index in [9.17, 15) is 4.79 Å². The number of likely N-dealkylation sites (N-methyl/N-ethyl adjacent to an activating group) is 1. The van der Waals surface area contributed by atoms with Gasteiger partial charge in [0.2, 0.25) is 5.91 Å². The van der Waals surface area contributed by atoms with Crippen molar-refractivity contribution in [2.45, 2.75) is 71.5 Å². The zero-order valence-electron chi connectivity index (χ0n) is 14.4. The minimum Gasteiger partial charge on any atom is -0.354 e. The maximum atomic E-state index is 12.6. The molecule has 4 unspecified atom stereocenters. The van der Waals surface area contributed by atoms with Crippen molar-refractivity contribution < 1.29 is 4.79 Å². The van der Waals surface area contributed by atoms with Crippen molar-refractivity contribution in [1.29, 1.82) is 0 Å². The molecule has 2 aliphatic rings. The summed E-state index contributed by atoms with van der Waals surface area (Å²) in [6, 6.07) is 1.37. The fraction of sp³-hybridized carbons (Fsp3) is 0.941. The summed E-state index contributed by atoms with van der Waals surface area (Å²) in [4.78, 5) is 15.0. The van der Waals surface area contributed by atoms with Crippen molar-refractivity contribution >= 4 is 5.91 Å². The first kappa shape index (κ1) is 16.8. The lowest BCUT2D eigenvalue weighted by Crippen LogP contribution is -2.52. The highest BCUT2D eigenvalue weighted by molar-refractivity contribution is 5.79. The third-order valence-corrected chi connectivity index (χ3v) is 6.21. The highest BCUT2D eigenvalue weighted by Gasteiger charge is 2.45. The molecule has 4 nitrogen and oxygen atoms in total. The number of amides is 1. The van der Waals surface area contributed by atoms with E-state index < -0.39 is 0 Å². The normalized spacial score (nSPS) is 33.8. The van der Waals surface area contributed by atoms with Gasteiger partial charge in [0.05, 0.1) is 0 Å². The molecule has 0 aromatic carbocycles. The molecule has 0 aromatic heterocycles. The molecule has 2 aliphatic carbocycles. The van der Waals surface area contributed by atoms with Gasteiger partial charge in [-0.15, -0.1) is 0 Å². The molecule has 0 spiro atoms. The Morgan fingerprint density at radius 3 is 2.52 bits per heavy atom. The summed E-state index contributed by atoms with van der Waals surface area (Å²) in [6.45, 7) is 9.52. The quantitative estimate of drug-likeness (QED) is 0.815. The minimum atomic E-state index is -0.0205. The average Bonchev–Trinajstić information content (AvgIpc) is 3.25. The Balaban J connectivity index is 1.87. The van der Waals surface area contributed by atoms with E-state index in [1.807, 2.05) is 0 Å². The van der Waals surface area contributed by atoms with Gasteiger partial charge >= 0.3 is 0 Å². The highest BCUT2D eigenvalue weighted by atomic mass is 16.1. The number of carbonyl (C=O) groups excluding carboxylic acids is 1. The van der Waals surface area contributed by atoms with E-state index >= 15 is 0 Å². The largest absolute Gasteiger partial charge is 0.354 e. The van der Waals surface area contributed by atoms with Crippen molar-refractivity contribution in [3.8, 4) is 0 Å². The summed E-state index contributed by atoms with van der Waals surface area (Å²) >= 11 is 0. The van der Waals surface area contributed by atoms with Crippen LogP contribution in [0.2, 0.25) is 0 Å². The van der Waals surface area contributed by atoms with Crippen LogP contribution in [0.4, 0.5) is 0 Å². The van der Waals surface area contributed by atoms with E-state index in [4.69, 9.17) is 5.73 Å². The Labute approximate surface area is 129 Å². The Kier molecular flexibility index (Phi) is 4.99. The molecule has 122 valence electrons. The maximum absolute atomic E-state index is 12.6. The molecule has 1 amide bonds. The standard InChI is InChI=1S/C17H33N3O/c1-11(20(5)13-6-7-13)10-19-16(21)14-8-9-15(18)12(2)17(14,3)4/h11-15H,6-10,18H2,1-5H3,(H,19,21). The van der Waals surface area contributed by atoms with Gasteiger partial charge in [-0.25, -0.2) is 0 Å².